The van der Waals surface area contributed by atoms with Crippen LogP contribution in [0, 0.1) is 0 Å². The lowest BCUT2D eigenvalue weighted by Gasteiger charge is -2.42. The van der Waals surface area contributed by atoms with Crippen molar-refractivity contribution in [3.05, 3.63) is 0 Å². The smallest absolute Gasteiger partial charge is 0.186 e. The molecule has 9 atom stereocenters. The Morgan fingerprint density at radius 3 is 2.28 bits per heavy atom. The third-order valence-electron chi connectivity index (χ3n) is 4.96. The molecule has 0 aromatic rings. The number of hydrogen-bond donors (Lipinski definition) is 7. The molecule has 2 fully saturated rings. The third-order valence-corrected chi connectivity index (χ3v) is 4.96. The molecule has 148 valence electrons. The highest BCUT2D eigenvalue weighted by Gasteiger charge is 2.44. The van der Waals surface area contributed by atoms with E-state index in [4.69, 9.17) is 14.6 Å². The second-order valence-electron chi connectivity index (χ2n) is 6.71. The Labute approximate surface area is 145 Å². The summed E-state index contributed by atoms with van der Waals surface area (Å²) in [6, 6.07) is -0.328. The van der Waals surface area contributed by atoms with Crippen molar-refractivity contribution in [3.8, 4) is 0 Å². The van der Waals surface area contributed by atoms with E-state index in [1.807, 2.05) is 4.90 Å². The molecular weight excluding hydrogens is 338 g/mol. The first kappa shape index (κ1) is 20.9. The number of aliphatic hydroxyl groups is 7. The van der Waals surface area contributed by atoms with Crippen molar-refractivity contribution in [1.29, 1.82) is 0 Å². The van der Waals surface area contributed by atoms with Gasteiger partial charge in [0.2, 0.25) is 0 Å². The van der Waals surface area contributed by atoms with Crippen LogP contribution in [0.15, 0.2) is 0 Å². The van der Waals surface area contributed by atoms with Crippen molar-refractivity contribution < 1.29 is 45.2 Å². The van der Waals surface area contributed by atoms with Gasteiger partial charge >= 0.3 is 0 Å². The minimum atomic E-state index is -1.48. The summed E-state index contributed by atoms with van der Waals surface area (Å²) in [4.78, 5) is 1.82. The molecule has 2 aliphatic heterocycles. The van der Waals surface area contributed by atoms with Crippen LogP contribution in [0.1, 0.15) is 13.3 Å². The van der Waals surface area contributed by atoms with Gasteiger partial charge in [-0.15, -0.1) is 0 Å². The van der Waals surface area contributed by atoms with E-state index >= 15 is 0 Å². The molecule has 0 saturated carbocycles. The van der Waals surface area contributed by atoms with Gasteiger partial charge in [-0.3, -0.25) is 4.90 Å². The van der Waals surface area contributed by atoms with Crippen molar-refractivity contribution >= 4 is 0 Å². The van der Waals surface area contributed by atoms with Gasteiger partial charge in [-0.25, -0.2) is 0 Å². The van der Waals surface area contributed by atoms with E-state index < -0.39 is 55.6 Å². The highest BCUT2D eigenvalue weighted by atomic mass is 16.7. The first-order valence-electron chi connectivity index (χ1n) is 8.48. The number of piperidine rings is 1. The molecule has 2 saturated heterocycles. The molecule has 0 aromatic carbocycles. The number of hydrogen-bond acceptors (Lipinski definition) is 10. The van der Waals surface area contributed by atoms with Gasteiger partial charge in [0.1, 0.15) is 30.5 Å². The van der Waals surface area contributed by atoms with E-state index in [1.165, 1.54) is 0 Å². The predicted octanol–water partition coefficient (Wildman–Crippen LogP) is -4.02. The molecule has 25 heavy (non-hydrogen) atoms. The van der Waals surface area contributed by atoms with Crippen molar-refractivity contribution in [2.75, 3.05) is 26.3 Å². The van der Waals surface area contributed by atoms with Crippen LogP contribution in [0.25, 0.3) is 0 Å². The number of rotatable bonds is 6. The zero-order valence-corrected chi connectivity index (χ0v) is 14.1. The lowest BCUT2D eigenvalue weighted by atomic mass is 9.95. The topological polar surface area (TPSA) is 163 Å². The SMILES string of the molecule is C[C@H]1[C@@H](O)[C@H](O)[C@H](O)CN1CCCO[C@@H]1O[C@@H](CO)[C@H](O)[C@H](O)[C@@H]1O. The van der Waals surface area contributed by atoms with Crippen molar-refractivity contribution in [1.82, 2.24) is 4.90 Å². The van der Waals surface area contributed by atoms with Gasteiger partial charge in [-0.1, -0.05) is 0 Å². The number of nitrogens with zero attached hydrogens (tertiary/aromatic N) is 1. The van der Waals surface area contributed by atoms with E-state index in [-0.39, 0.29) is 19.2 Å². The van der Waals surface area contributed by atoms with E-state index in [9.17, 15) is 30.6 Å². The molecular formula is C15H29NO9. The standard InChI is InChI=1S/C15H29NO9/c1-7-10(19)11(20)8(18)5-16(7)3-2-4-24-15-14(23)13(22)12(21)9(6-17)25-15/h7-15,17-23H,2-6H2,1H3/t7-,8+,9-,10+,11+,12-,13-,14-,15+/m0/s1. The third kappa shape index (κ3) is 4.66. The van der Waals surface area contributed by atoms with E-state index in [1.54, 1.807) is 6.92 Å². The van der Waals surface area contributed by atoms with Crippen LogP contribution in [0.3, 0.4) is 0 Å². The molecule has 2 rings (SSSR count). The molecule has 0 aliphatic carbocycles. The van der Waals surface area contributed by atoms with Crippen LogP contribution in [-0.4, -0.2) is 122 Å². The Balaban J connectivity index is 1.77. The summed E-state index contributed by atoms with van der Waals surface area (Å²) in [6.45, 7) is 2.08. The second-order valence-corrected chi connectivity index (χ2v) is 6.71. The molecule has 10 heteroatoms. The maximum atomic E-state index is 9.88. The maximum absolute atomic E-state index is 9.88. The molecule has 0 spiro atoms. The minimum Gasteiger partial charge on any atom is -0.394 e. The van der Waals surface area contributed by atoms with Crippen LogP contribution < -0.4 is 0 Å². The van der Waals surface area contributed by atoms with Gasteiger partial charge in [0.05, 0.1) is 25.4 Å². The highest BCUT2D eigenvalue weighted by Crippen LogP contribution is 2.22. The van der Waals surface area contributed by atoms with Crippen LogP contribution >= 0.6 is 0 Å². The van der Waals surface area contributed by atoms with Gasteiger partial charge in [0.15, 0.2) is 6.29 Å². The number of aliphatic hydroxyl groups excluding tert-OH is 7. The molecule has 0 aromatic heterocycles. The highest BCUT2D eigenvalue weighted by molar-refractivity contribution is 4.92. The van der Waals surface area contributed by atoms with Crippen LogP contribution in [0.5, 0.6) is 0 Å². The number of likely N-dealkylation sites (tertiary alicyclic amines) is 1. The van der Waals surface area contributed by atoms with Crippen molar-refractivity contribution in [2.45, 2.75) is 68.4 Å². The quantitative estimate of drug-likeness (QED) is 0.230. The molecule has 0 radical (unpaired) electrons. The number of ether oxygens (including phenoxy) is 2. The zero-order chi connectivity index (χ0) is 18.7. The van der Waals surface area contributed by atoms with Crippen molar-refractivity contribution in [2.24, 2.45) is 0 Å². The Morgan fingerprint density at radius 2 is 1.64 bits per heavy atom. The summed E-state index contributed by atoms with van der Waals surface area (Å²) in [5, 5.41) is 67.6. The maximum Gasteiger partial charge on any atom is 0.186 e. The molecule has 0 unspecified atom stereocenters. The van der Waals surface area contributed by atoms with Gasteiger partial charge < -0.3 is 45.2 Å². The molecule has 7 N–H and O–H groups in total. The average molecular weight is 367 g/mol. The Morgan fingerprint density at radius 1 is 0.960 bits per heavy atom. The summed E-state index contributed by atoms with van der Waals surface area (Å²) in [6.07, 6.45) is -9.30. The zero-order valence-electron chi connectivity index (χ0n) is 14.1. The summed E-state index contributed by atoms with van der Waals surface area (Å²) in [5.74, 6) is 0. The van der Waals surface area contributed by atoms with E-state index in [0.717, 1.165) is 0 Å². The lowest BCUT2D eigenvalue weighted by Crippen LogP contribution is -2.60. The predicted molar refractivity (Wildman–Crippen MR) is 83.4 cm³/mol. The molecule has 0 bridgehead atoms. The normalized spacial score (nSPS) is 46.3. The fraction of sp³-hybridized carbons (Fsp3) is 1.00. The first-order chi connectivity index (χ1) is 11.8. The largest absolute Gasteiger partial charge is 0.394 e. The second kappa shape index (κ2) is 9.00. The van der Waals surface area contributed by atoms with Gasteiger partial charge in [0, 0.05) is 19.1 Å². The lowest BCUT2D eigenvalue weighted by molar-refractivity contribution is -0.301. The van der Waals surface area contributed by atoms with Crippen LogP contribution in [0.2, 0.25) is 0 Å². The summed E-state index contributed by atoms with van der Waals surface area (Å²) < 4.78 is 10.6. The monoisotopic (exact) mass is 367 g/mol. The van der Waals surface area contributed by atoms with Gasteiger partial charge in [-0.05, 0) is 13.3 Å². The minimum absolute atomic E-state index is 0.153. The summed E-state index contributed by atoms with van der Waals surface area (Å²) in [5.41, 5.74) is 0. The summed E-state index contributed by atoms with van der Waals surface area (Å²) in [7, 11) is 0. The Bertz CT molecular complexity index is 412. The molecule has 10 nitrogen and oxygen atoms in total. The summed E-state index contributed by atoms with van der Waals surface area (Å²) >= 11 is 0. The molecule has 2 heterocycles. The van der Waals surface area contributed by atoms with Gasteiger partial charge in [0.25, 0.3) is 0 Å². The Hall–Kier alpha value is -0.400. The van der Waals surface area contributed by atoms with Crippen LogP contribution in [0.4, 0.5) is 0 Å². The van der Waals surface area contributed by atoms with E-state index in [2.05, 4.69) is 0 Å². The number of β-amino-alcohol motifs (C(OH)–C–C–N with tert-alkyl or cyclic N) is 1. The fourth-order valence-corrected chi connectivity index (χ4v) is 3.21. The first-order valence-corrected chi connectivity index (χ1v) is 8.48. The van der Waals surface area contributed by atoms with Gasteiger partial charge in [-0.2, -0.15) is 0 Å². The van der Waals surface area contributed by atoms with Crippen molar-refractivity contribution in [3.63, 3.8) is 0 Å². The Kier molecular flexibility index (Phi) is 7.52. The molecule has 0 amide bonds. The fourth-order valence-electron chi connectivity index (χ4n) is 3.21. The van der Waals surface area contributed by atoms with E-state index in [0.29, 0.717) is 13.0 Å². The molecule has 2 aliphatic rings. The van der Waals surface area contributed by atoms with Crippen LogP contribution in [-0.2, 0) is 9.47 Å². The average Bonchev–Trinajstić information content (AvgIpc) is 2.60.